The highest BCUT2D eigenvalue weighted by Crippen LogP contribution is 2.31. The molecule has 0 spiro atoms. The number of hydrogen-bond donors (Lipinski definition) is 1. The second-order valence-corrected chi connectivity index (χ2v) is 5.24. The molecule has 0 saturated carbocycles. The Balaban J connectivity index is 2.17. The number of nitro groups is 1. The molecule has 1 N–H and O–H groups in total. The van der Waals surface area contributed by atoms with E-state index < -0.39 is 10.9 Å². The van der Waals surface area contributed by atoms with Crippen LogP contribution in [0, 0.1) is 22.0 Å². The van der Waals surface area contributed by atoms with E-state index in [1.807, 2.05) is 0 Å². The maximum absolute atomic E-state index is 11.0. The van der Waals surface area contributed by atoms with E-state index in [1.165, 1.54) is 18.2 Å². The van der Waals surface area contributed by atoms with Crippen molar-refractivity contribution in [3.05, 3.63) is 46.0 Å². The molecule has 2 atom stereocenters. The van der Waals surface area contributed by atoms with Crippen molar-refractivity contribution in [1.29, 1.82) is 0 Å². The van der Waals surface area contributed by atoms with E-state index in [9.17, 15) is 14.9 Å². The van der Waals surface area contributed by atoms with E-state index in [-0.39, 0.29) is 22.9 Å². The minimum Gasteiger partial charge on any atom is -0.486 e. The van der Waals surface area contributed by atoms with Crippen LogP contribution in [-0.2, 0) is 0 Å². The molecule has 1 aliphatic rings. The summed E-state index contributed by atoms with van der Waals surface area (Å²) in [6, 6.07) is 3.59. The monoisotopic (exact) mass is 291 g/mol. The molecular formula is C15H17NO5. The minimum absolute atomic E-state index is 0.0154. The average Bonchev–Trinajstić information content (AvgIpc) is 2.46. The van der Waals surface area contributed by atoms with E-state index in [4.69, 9.17) is 9.84 Å². The number of hydrogen-bond acceptors (Lipinski definition) is 4. The Morgan fingerprint density at radius 3 is 2.76 bits per heavy atom. The number of ether oxygens (including phenoxy) is 1. The summed E-state index contributed by atoms with van der Waals surface area (Å²) >= 11 is 0. The number of nitro benzene ring substituents is 1. The normalized spacial score (nSPS) is 21.0. The summed E-state index contributed by atoms with van der Waals surface area (Å²) in [5, 5.41) is 19.9. The molecule has 0 aromatic heterocycles. The van der Waals surface area contributed by atoms with Gasteiger partial charge in [0.2, 0.25) is 0 Å². The van der Waals surface area contributed by atoms with Gasteiger partial charge in [-0.2, -0.15) is 0 Å². The molecule has 0 aliphatic heterocycles. The molecule has 0 heterocycles. The summed E-state index contributed by atoms with van der Waals surface area (Å²) in [4.78, 5) is 21.4. The van der Waals surface area contributed by atoms with Gasteiger partial charge in [-0.15, -0.1) is 0 Å². The molecule has 0 bridgehead atoms. The number of aromatic carboxylic acids is 1. The molecule has 21 heavy (non-hydrogen) atoms. The molecular weight excluding hydrogens is 274 g/mol. The van der Waals surface area contributed by atoms with Crippen LogP contribution in [0.2, 0.25) is 0 Å². The van der Waals surface area contributed by atoms with Crippen molar-refractivity contribution in [2.45, 2.75) is 19.8 Å². The Hall–Kier alpha value is -2.37. The number of benzene rings is 1. The van der Waals surface area contributed by atoms with E-state index in [1.54, 1.807) is 0 Å². The van der Waals surface area contributed by atoms with Crippen molar-refractivity contribution in [3.63, 3.8) is 0 Å². The maximum atomic E-state index is 11.0. The summed E-state index contributed by atoms with van der Waals surface area (Å²) in [5.74, 6) is -0.398. The third-order valence-electron chi connectivity index (χ3n) is 3.77. The van der Waals surface area contributed by atoms with Gasteiger partial charge in [-0.1, -0.05) is 19.1 Å². The van der Waals surface area contributed by atoms with E-state index in [0.717, 1.165) is 12.8 Å². The molecule has 0 saturated heterocycles. The molecule has 6 heteroatoms. The summed E-state index contributed by atoms with van der Waals surface area (Å²) in [5.41, 5.74) is -0.230. The third kappa shape index (κ3) is 3.59. The van der Waals surface area contributed by atoms with Gasteiger partial charge >= 0.3 is 11.7 Å². The van der Waals surface area contributed by atoms with Crippen LogP contribution in [0.5, 0.6) is 5.75 Å². The SMILES string of the molecule is CC1CC=CCC1COc1cc(C(=O)O)ccc1[N+](=O)[O-]. The molecule has 0 fully saturated rings. The van der Waals surface area contributed by atoms with Crippen molar-refractivity contribution in [2.24, 2.45) is 11.8 Å². The highest BCUT2D eigenvalue weighted by molar-refractivity contribution is 5.88. The minimum atomic E-state index is -1.14. The number of carbonyl (C=O) groups is 1. The van der Waals surface area contributed by atoms with E-state index in [2.05, 4.69) is 19.1 Å². The zero-order valence-corrected chi connectivity index (χ0v) is 11.7. The first kappa shape index (κ1) is 15.0. The lowest BCUT2D eigenvalue weighted by Gasteiger charge is -2.25. The summed E-state index contributed by atoms with van der Waals surface area (Å²) < 4.78 is 5.56. The molecule has 2 unspecified atom stereocenters. The van der Waals surface area contributed by atoms with Gasteiger partial charge in [0.05, 0.1) is 17.1 Å². The first-order valence-electron chi connectivity index (χ1n) is 6.78. The van der Waals surface area contributed by atoms with Gasteiger partial charge < -0.3 is 9.84 Å². The van der Waals surface area contributed by atoms with Crippen LogP contribution in [-0.4, -0.2) is 22.6 Å². The van der Waals surface area contributed by atoms with Gasteiger partial charge in [-0.3, -0.25) is 10.1 Å². The molecule has 1 aromatic carbocycles. The predicted octanol–water partition coefficient (Wildman–Crippen LogP) is 3.27. The third-order valence-corrected chi connectivity index (χ3v) is 3.77. The van der Waals surface area contributed by atoms with Crippen LogP contribution in [0.15, 0.2) is 30.4 Å². The summed E-state index contributed by atoms with van der Waals surface area (Å²) in [7, 11) is 0. The maximum Gasteiger partial charge on any atom is 0.335 e. The molecule has 1 aromatic rings. The van der Waals surface area contributed by atoms with Crippen molar-refractivity contribution < 1.29 is 19.6 Å². The topological polar surface area (TPSA) is 89.7 Å². The van der Waals surface area contributed by atoms with Crippen molar-refractivity contribution >= 4 is 11.7 Å². The highest BCUT2D eigenvalue weighted by atomic mass is 16.6. The Bertz CT molecular complexity index is 581. The van der Waals surface area contributed by atoms with Crippen LogP contribution >= 0.6 is 0 Å². The van der Waals surface area contributed by atoms with Gasteiger partial charge in [0.15, 0.2) is 5.75 Å². The Labute approximate surface area is 122 Å². The van der Waals surface area contributed by atoms with Crippen molar-refractivity contribution in [2.75, 3.05) is 6.61 Å². The number of allylic oxidation sites excluding steroid dienone is 2. The molecule has 112 valence electrons. The largest absolute Gasteiger partial charge is 0.486 e. The summed E-state index contributed by atoms with van der Waals surface area (Å²) in [6.07, 6.45) is 6.03. The first-order chi connectivity index (χ1) is 9.99. The molecule has 0 amide bonds. The van der Waals surface area contributed by atoms with Crippen LogP contribution < -0.4 is 4.74 Å². The smallest absolute Gasteiger partial charge is 0.335 e. The van der Waals surface area contributed by atoms with Gasteiger partial charge in [0, 0.05) is 12.1 Å². The van der Waals surface area contributed by atoms with Crippen molar-refractivity contribution in [1.82, 2.24) is 0 Å². The zero-order chi connectivity index (χ0) is 15.4. The standard InChI is InChI=1S/C15H17NO5/c1-10-4-2-3-5-12(10)9-21-14-8-11(15(17)18)6-7-13(14)16(19)20/h2-3,6-8,10,12H,4-5,9H2,1H3,(H,17,18). The fourth-order valence-electron chi connectivity index (χ4n) is 2.35. The number of nitrogens with zero attached hydrogens (tertiary/aromatic N) is 1. The fourth-order valence-corrected chi connectivity index (χ4v) is 2.35. The van der Waals surface area contributed by atoms with Crippen LogP contribution in [0.25, 0.3) is 0 Å². The first-order valence-corrected chi connectivity index (χ1v) is 6.78. The van der Waals surface area contributed by atoms with Crippen LogP contribution in [0.1, 0.15) is 30.1 Å². The molecule has 0 radical (unpaired) electrons. The molecule has 1 aliphatic carbocycles. The summed E-state index contributed by atoms with van der Waals surface area (Å²) in [6.45, 7) is 2.45. The molecule has 6 nitrogen and oxygen atoms in total. The average molecular weight is 291 g/mol. The Kier molecular flexibility index (Phi) is 4.57. The van der Waals surface area contributed by atoms with Crippen molar-refractivity contribution in [3.8, 4) is 5.75 Å². The van der Waals surface area contributed by atoms with Gasteiger partial charge in [0.25, 0.3) is 0 Å². The van der Waals surface area contributed by atoms with Gasteiger partial charge in [0.1, 0.15) is 0 Å². The van der Waals surface area contributed by atoms with Crippen LogP contribution in [0.3, 0.4) is 0 Å². The number of carboxylic acid groups (broad SMARTS) is 1. The Morgan fingerprint density at radius 1 is 1.43 bits per heavy atom. The Morgan fingerprint density at radius 2 is 2.14 bits per heavy atom. The lowest BCUT2D eigenvalue weighted by Crippen LogP contribution is -2.21. The van der Waals surface area contributed by atoms with Gasteiger partial charge in [-0.25, -0.2) is 4.79 Å². The van der Waals surface area contributed by atoms with E-state index in [0.29, 0.717) is 12.5 Å². The zero-order valence-electron chi connectivity index (χ0n) is 11.7. The van der Waals surface area contributed by atoms with Gasteiger partial charge in [-0.05, 0) is 30.7 Å². The second-order valence-electron chi connectivity index (χ2n) is 5.24. The highest BCUT2D eigenvalue weighted by Gasteiger charge is 2.22. The second kappa shape index (κ2) is 6.39. The fraction of sp³-hybridized carbons (Fsp3) is 0.400. The lowest BCUT2D eigenvalue weighted by molar-refractivity contribution is -0.385. The predicted molar refractivity (Wildman–Crippen MR) is 76.6 cm³/mol. The number of carboxylic acids is 1. The molecule has 2 rings (SSSR count). The lowest BCUT2D eigenvalue weighted by atomic mass is 9.85. The quantitative estimate of drug-likeness (QED) is 0.511. The van der Waals surface area contributed by atoms with Crippen LogP contribution in [0.4, 0.5) is 5.69 Å². The van der Waals surface area contributed by atoms with E-state index >= 15 is 0 Å². The number of rotatable bonds is 5.